The maximum atomic E-state index is 13.1. The Balaban J connectivity index is 1.73. The molecule has 0 aromatic heterocycles. The normalized spacial score (nSPS) is 17.6. The lowest BCUT2D eigenvalue weighted by Crippen LogP contribution is -2.43. The van der Waals surface area contributed by atoms with Gasteiger partial charge in [-0.25, -0.2) is 12.8 Å². The number of rotatable bonds is 6. The maximum absolute atomic E-state index is 13.1. The number of halogens is 1. The van der Waals surface area contributed by atoms with E-state index in [4.69, 9.17) is 9.47 Å². The molecule has 9 heteroatoms. The molecule has 2 aromatic carbocycles. The lowest BCUT2D eigenvalue weighted by molar-refractivity contribution is -0.120. The van der Waals surface area contributed by atoms with Gasteiger partial charge < -0.3 is 14.8 Å². The van der Waals surface area contributed by atoms with Crippen LogP contribution in [-0.4, -0.2) is 45.9 Å². The molecule has 0 saturated carbocycles. The molecule has 7 nitrogen and oxygen atoms in total. The fraction of sp³-hybridized carbons (Fsp3) is 0.350. The van der Waals surface area contributed by atoms with E-state index in [9.17, 15) is 17.6 Å². The van der Waals surface area contributed by atoms with Gasteiger partial charge in [0.05, 0.1) is 30.7 Å². The molecule has 0 radical (unpaired) electrons. The van der Waals surface area contributed by atoms with Crippen molar-refractivity contribution >= 4 is 21.6 Å². The summed E-state index contributed by atoms with van der Waals surface area (Å²) in [4.78, 5) is 12.8. The lowest BCUT2D eigenvalue weighted by Gasteiger charge is -2.31. The number of hydrogen-bond acceptors (Lipinski definition) is 5. The van der Waals surface area contributed by atoms with Crippen molar-refractivity contribution in [2.45, 2.75) is 17.7 Å². The molecule has 1 aliphatic rings. The molecule has 1 saturated heterocycles. The van der Waals surface area contributed by atoms with E-state index in [0.717, 1.165) is 12.1 Å². The Kier molecular flexibility index (Phi) is 6.39. The molecule has 0 aliphatic carbocycles. The first-order valence-corrected chi connectivity index (χ1v) is 10.6. The maximum Gasteiger partial charge on any atom is 0.243 e. The molecule has 0 unspecified atom stereocenters. The summed E-state index contributed by atoms with van der Waals surface area (Å²) in [6.45, 7) is 0.374. The second kappa shape index (κ2) is 8.79. The van der Waals surface area contributed by atoms with E-state index in [-0.39, 0.29) is 17.3 Å². The van der Waals surface area contributed by atoms with Crippen molar-refractivity contribution < 1.29 is 27.1 Å². The van der Waals surface area contributed by atoms with Gasteiger partial charge in [0.25, 0.3) is 0 Å². The summed E-state index contributed by atoms with van der Waals surface area (Å²) >= 11 is 0. The third-order valence-electron chi connectivity index (χ3n) is 4.87. The van der Waals surface area contributed by atoms with Crippen molar-refractivity contribution in [3.05, 3.63) is 48.3 Å². The summed E-state index contributed by atoms with van der Waals surface area (Å²) in [7, 11) is -0.773. The standard InChI is InChI=1S/C20H23FN2O5S/c1-27-16-7-10-18(19(12-16)28-2)22-20(24)14-4-3-11-23(13-14)29(25,26)17-8-5-15(21)6-9-17/h5-10,12,14H,3-4,11,13H2,1-2H3,(H,22,24)/t14-/m1/s1. The van der Waals surface area contributed by atoms with E-state index in [1.165, 1.54) is 30.7 Å². The molecular formula is C20H23FN2O5S. The lowest BCUT2D eigenvalue weighted by atomic mass is 9.98. The number of nitrogens with one attached hydrogen (secondary N) is 1. The summed E-state index contributed by atoms with van der Waals surface area (Å²) in [6.07, 6.45) is 1.12. The first kappa shape index (κ1) is 21.1. The monoisotopic (exact) mass is 422 g/mol. The van der Waals surface area contributed by atoms with Crippen molar-refractivity contribution in [3.63, 3.8) is 0 Å². The highest BCUT2D eigenvalue weighted by molar-refractivity contribution is 7.89. The van der Waals surface area contributed by atoms with Crippen molar-refractivity contribution in [1.82, 2.24) is 4.31 Å². The smallest absolute Gasteiger partial charge is 0.243 e. The largest absolute Gasteiger partial charge is 0.497 e. The van der Waals surface area contributed by atoms with E-state index >= 15 is 0 Å². The molecule has 0 spiro atoms. The Morgan fingerprint density at radius 3 is 2.52 bits per heavy atom. The zero-order valence-corrected chi connectivity index (χ0v) is 17.0. The van der Waals surface area contributed by atoms with Gasteiger partial charge in [-0.05, 0) is 49.2 Å². The summed E-state index contributed by atoms with van der Waals surface area (Å²) < 4.78 is 50.5. The van der Waals surface area contributed by atoms with E-state index in [1.807, 2.05) is 0 Å². The predicted octanol–water partition coefficient (Wildman–Crippen LogP) is 2.88. The van der Waals surface area contributed by atoms with Crippen molar-refractivity contribution in [1.29, 1.82) is 0 Å². The number of amides is 1. The van der Waals surface area contributed by atoms with Gasteiger partial charge in [-0.1, -0.05) is 0 Å². The molecule has 3 rings (SSSR count). The molecule has 2 aromatic rings. The highest BCUT2D eigenvalue weighted by Crippen LogP contribution is 2.31. The van der Waals surface area contributed by atoms with Gasteiger partial charge >= 0.3 is 0 Å². The Morgan fingerprint density at radius 1 is 1.14 bits per heavy atom. The Morgan fingerprint density at radius 2 is 1.86 bits per heavy atom. The van der Waals surface area contributed by atoms with Crippen LogP contribution in [0.3, 0.4) is 0 Å². The number of hydrogen-bond donors (Lipinski definition) is 1. The molecule has 1 N–H and O–H groups in total. The van der Waals surface area contributed by atoms with Crippen LogP contribution >= 0.6 is 0 Å². The quantitative estimate of drug-likeness (QED) is 0.774. The number of benzene rings is 2. The molecule has 1 atom stereocenters. The minimum Gasteiger partial charge on any atom is -0.497 e. The Labute approximate surface area is 169 Å². The summed E-state index contributed by atoms with van der Waals surface area (Å²) in [6, 6.07) is 9.71. The molecule has 1 amide bonds. The number of ether oxygens (including phenoxy) is 2. The predicted molar refractivity (Wildman–Crippen MR) is 106 cm³/mol. The average Bonchev–Trinajstić information content (AvgIpc) is 2.74. The van der Waals surface area contributed by atoms with Gasteiger partial charge in [0.2, 0.25) is 15.9 Å². The van der Waals surface area contributed by atoms with Crippen LogP contribution in [0.15, 0.2) is 47.4 Å². The zero-order chi connectivity index (χ0) is 21.0. The highest BCUT2D eigenvalue weighted by atomic mass is 32.2. The van der Waals surface area contributed by atoms with E-state index in [1.54, 1.807) is 18.2 Å². The number of sulfonamides is 1. The molecular weight excluding hydrogens is 399 g/mol. The topological polar surface area (TPSA) is 84.9 Å². The average molecular weight is 422 g/mol. The van der Waals surface area contributed by atoms with E-state index < -0.39 is 21.8 Å². The second-order valence-corrected chi connectivity index (χ2v) is 8.65. The SMILES string of the molecule is COc1ccc(NC(=O)[C@@H]2CCCN(S(=O)(=O)c3ccc(F)cc3)C2)c(OC)c1. The summed E-state index contributed by atoms with van der Waals surface area (Å²) in [5.41, 5.74) is 0.483. The molecule has 1 heterocycles. The van der Waals surface area contributed by atoms with E-state index in [2.05, 4.69) is 5.32 Å². The molecule has 29 heavy (non-hydrogen) atoms. The van der Waals surface area contributed by atoms with Crippen molar-refractivity contribution in [2.75, 3.05) is 32.6 Å². The highest BCUT2D eigenvalue weighted by Gasteiger charge is 2.33. The number of piperidine rings is 1. The van der Waals surface area contributed by atoms with Gasteiger partial charge in [-0.2, -0.15) is 4.31 Å². The number of carbonyl (C=O) groups excluding carboxylic acids is 1. The van der Waals surface area contributed by atoms with Crippen LogP contribution in [-0.2, 0) is 14.8 Å². The van der Waals surface area contributed by atoms with Gasteiger partial charge in [0.15, 0.2) is 0 Å². The minimum absolute atomic E-state index is 0.0109. The van der Waals surface area contributed by atoms with Crippen molar-refractivity contribution in [3.8, 4) is 11.5 Å². The van der Waals surface area contributed by atoms with Crippen LogP contribution in [0.25, 0.3) is 0 Å². The number of methoxy groups -OCH3 is 2. The third kappa shape index (κ3) is 4.68. The molecule has 1 aliphatic heterocycles. The molecule has 0 bridgehead atoms. The van der Waals surface area contributed by atoms with E-state index in [0.29, 0.717) is 36.6 Å². The number of nitrogens with zero attached hydrogens (tertiary/aromatic N) is 1. The summed E-state index contributed by atoms with van der Waals surface area (Å²) in [5.74, 6) is -0.259. The van der Waals surface area contributed by atoms with Crippen LogP contribution in [0.2, 0.25) is 0 Å². The Bertz CT molecular complexity index is 979. The third-order valence-corrected chi connectivity index (χ3v) is 6.75. The van der Waals surface area contributed by atoms with Gasteiger partial charge in [-0.3, -0.25) is 4.79 Å². The van der Waals surface area contributed by atoms with Crippen LogP contribution in [0, 0.1) is 11.7 Å². The Hall–Kier alpha value is -2.65. The fourth-order valence-electron chi connectivity index (χ4n) is 3.27. The van der Waals surface area contributed by atoms with Gasteiger partial charge in [0.1, 0.15) is 17.3 Å². The summed E-state index contributed by atoms with van der Waals surface area (Å²) in [5, 5.41) is 2.81. The zero-order valence-electron chi connectivity index (χ0n) is 16.2. The van der Waals surface area contributed by atoms with Crippen LogP contribution in [0.5, 0.6) is 11.5 Å². The molecule has 1 fully saturated rings. The van der Waals surface area contributed by atoms with Crippen LogP contribution in [0.1, 0.15) is 12.8 Å². The van der Waals surface area contributed by atoms with Gasteiger partial charge in [-0.15, -0.1) is 0 Å². The second-order valence-electron chi connectivity index (χ2n) is 6.71. The van der Waals surface area contributed by atoms with Crippen molar-refractivity contribution in [2.24, 2.45) is 5.92 Å². The fourth-order valence-corrected chi connectivity index (χ4v) is 4.79. The molecule has 156 valence electrons. The first-order chi connectivity index (χ1) is 13.8. The minimum atomic E-state index is -3.79. The van der Waals surface area contributed by atoms with Crippen LogP contribution < -0.4 is 14.8 Å². The number of anilines is 1. The van der Waals surface area contributed by atoms with Gasteiger partial charge in [0, 0.05) is 19.2 Å². The van der Waals surface area contributed by atoms with Crippen LogP contribution in [0.4, 0.5) is 10.1 Å². The first-order valence-electron chi connectivity index (χ1n) is 9.13. The number of carbonyl (C=O) groups is 1.